The van der Waals surface area contributed by atoms with Gasteiger partial charge in [-0.3, -0.25) is 0 Å². The molecule has 0 fully saturated rings. The Bertz CT molecular complexity index is 333. The molecule has 0 amide bonds. The highest BCUT2D eigenvalue weighted by molar-refractivity contribution is 7.99. The Morgan fingerprint density at radius 3 is 2.81 bits per heavy atom. The third kappa shape index (κ3) is 2.61. The van der Waals surface area contributed by atoms with E-state index in [-0.39, 0.29) is 0 Å². The van der Waals surface area contributed by atoms with E-state index < -0.39 is 0 Å². The lowest BCUT2D eigenvalue weighted by Gasteiger charge is -2.18. The van der Waals surface area contributed by atoms with Gasteiger partial charge in [-0.1, -0.05) is 44.9 Å². The maximum atomic E-state index is 3.72. The Labute approximate surface area is 103 Å². The predicted molar refractivity (Wildman–Crippen MR) is 72.0 cm³/mol. The fourth-order valence-electron chi connectivity index (χ4n) is 2.22. The highest BCUT2D eigenvalue weighted by Crippen LogP contribution is 2.37. The standard InChI is InChI=1S/C14H21NS/c1-3-11(4-2)9-15-13-10-16-14-8-6-5-7-12(13)14/h5-8,11,13,15H,3-4,9-10H2,1-2H3. The van der Waals surface area contributed by atoms with Crippen LogP contribution in [0.4, 0.5) is 0 Å². The van der Waals surface area contributed by atoms with E-state index in [0.29, 0.717) is 6.04 Å². The van der Waals surface area contributed by atoms with Crippen molar-refractivity contribution in [3.63, 3.8) is 0 Å². The Morgan fingerprint density at radius 2 is 2.06 bits per heavy atom. The van der Waals surface area contributed by atoms with Crippen molar-refractivity contribution in [2.45, 2.75) is 37.6 Å². The molecule has 0 aliphatic carbocycles. The molecule has 1 unspecified atom stereocenters. The van der Waals surface area contributed by atoms with Crippen molar-refractivity contribution < 1.29 is 0 Å². The fraction of sp³-hybridized carbons (Fsp3) is 0.571. The van der Waals surface area contributed by atoms with Gasteiger partial charge in [-0.15, -0.1) is 11.8 Å². The second-order valence-corrected chi connectivity index (χ2v) is 5.55. The molecule has 1 aromatic rings. The number of benzene rings is 1. The van der Waals surface area contributed by atoms with E-state index in [1.165, 1.54) is 29.1 Å². The molecule has 0 saturated carbocycles. The van der Waals surface area contributed by atoms with Crippen molar-refractivity contribution in [2.75, 3.05) is 12.3 Å². The molecule has 88 valence electrons. The summed E-state index contributed by atoms with van der Waals surface area (Å²) < 4.78 is 0. The van der Waals surface area contributed by atoms with Crippen LogP contribution in [0.5, 0.6) is 0 Å². The summed E-state index contributed by atoms with van der Waals surface area (Å²) in [7, 11) is 0. The second-order valence-electron chi connectivity index (χ2n) is 4.49. The molecule has 1 atom stereocenters. The largest absolute Gasteiger partial charge is 0.309 e. The second kappa shape index (κ2) is 5.74. The highest BCUT2D eigenvalue weighted by Gasteiger charge is 2.22. The quantitative estimate of drug-likeness (QED) is 0.831. The predicted octanol–water partition coefficient (Wildman–Crippen LogP) is 3.86. The normalized spacial score (nSPS) is 19.1. The van der Waals surface area contributed by atoms with Crippen LogP contribution < -0.4 is 5.32 Å². The summed E-state index contributed by atoms with van der Waals surface area (Å²) >= 11 is 1.98. The van der Waals surface area contributed by atoms with Crippen molar-refractivity contribution in [1.82, 2.24) is 5.32 Å². The van der Waals surface area contributed by atoms with Crippen molar-refractivity contribution in [1.29, 1.82) is 0 Å². The van der Waals surface area contributed by atoms with E-state index in [4.69, 9.17) is 0 Å². The fourth-order valence-corrected chi connectivity index (χ4v) is 3.41. The van der Waals surface area contributed by atoms with Crippen molar-refractivity contribution >= 4 is 11.8 Å². The molecule has 1 nitrogen and oxygen atoms in total. The number of nitrogens with one attached hydrogen (secondary N) is 1. The summed E-state index contributed by atoms with van der Waals surface area (Å²) in [5.41, 5.74) is 1.50. The Kier molecular flexibility index (Phi) is 4.30. The smallest absolute Gasteiger partial charge is 0.0426 e. The van der Waals surface area contributed by atoms with E-state index in [2.05, 4.69) is 43.4 Å². The Balaban J connectivity index is 1.93. The first-order valence-corrected chi connectivity index (χ1v) is 7.28. The van der Waals surface area contributed by atoms with Gasteiger partial charge in [0, 0.05) is 16.7 Å². The molecule has 0 aromatic heterocycles. The average molecular weight is 235 g/mol. The molecule has 0 bridgehead atoms. The van der Waals surface area contributed by atoms with Gasteiger partial charge in [0.2, 0.25) is 0 Å². The van der Waals surface area contributed by atoms with Gasteiger partial charge in [0.1, 0.15) is 0 Å². The Hall–Kier alpha value is -0.470. The average Bonchev–Trinajstić information content (AvgIpc) is 2.74. The third-order valence-corrected chi connectivity index (χ3v) is 4.69. The lowest BCUT2D eigenvalue weighted by atomic mass is 10.0. The molecular weight excluding hydrogens is 214 g/mol. The number of hydrogen-bond acceptors (Lipinski definition) is 2. The van der Waals surface area contributed by atoms with Crippen molar-refractivity contribution in [3.05, 3.63) is 29.8 Å². The molecule has 1 aromatic carbocycles. The van der Waals surface area contributed by atoms with Gasteiger partial charge in [0.05, 0.1) is 0 Å². The number of thioether (sulfide) groups is 1. The number of fused-ring (bicyclic) bond motifs is 1. The topological polar surface area (TPSA) is 12.0 Å². The SMILES string of the molecule is CCC(CC)CNC1CSc2ccccc21. The van der Waals surface area contributed by atoms with Crippen LogP contribution in [0.1, 0.15) is 38.3 Å². The zero-order valence-electron chi connectivity index (χ0n) is 10.2. The zero-order valence-corrected chi connectivity index (χ0v) is 11.0. The Morgan fingerprint density at radius 1 is 1.31 bits per heavy atom. The molecule has 0 spiro atoms. The molecule has 1 N–H and O–H groups in total. The van der Waals surface area contributed by atoms with Gasteiger partial charge in [0.25, 0.3) is 0 Å². The van der Waals surface area contributed by atoms with Crippen LogP contribution in [0, 0.1) is 5.92 Å². The highest BCUT2D eigenvalue weighted by atomic mass is 32.2. The summed E-state index contributed by atoms with van der Waals surface area (Å²) in [6, 6.07) is 9.35. The molecule has 1 aliphatic rings. The zero-order chi connectivity index (χ0) is 11.4. The van der Waals surface area contributed by atoms with Gasteiger partial charge < -0.3 is 5.32 Å². The van der Waals surface area contributed by atoms with Gasteiger partial charge in [-0.05, 0) is 24.1 Å². The summed E-state index contributed by atoms with van der Waals surface area (Å²) in [5.74, 6) is 2.03. The summed E-state index contributed by atoms with van der Waals surface area (Å²) in [5, 5.41) is 3.72. The number of rotatable bonds is 5. The summed E-state index contributed by atoms with van der Waals surface area (Å²) in [4.78, 5) is 1.46. The lowest BCUT2D eigenvalue weighted by Crippen LogP contribution is -2.27. The van der Waals surface area contributed by atoms with E-state index in [0.717, 1.165) is 12.5 Å². The summed E-state index contributed by atoms with van der Waals surface area (Å²) in [6.07, 6.45) is 2.57. The molecule has 16 heavy (non-hydrogen) atoms. The molecule has 2 rings (SSSR count). The number of hydrogen-bond donors (Lipinski definition) is 1. The van der Waals surface area contributed by atoms with Crippen LogP contribution in [-0.2, 0) is 0 Å². The molecule has 0 radical (unpaired) electrons. The first kappa shape index (κ1) is 12.0. The van der Waals surface area contributed by atoms with Crippen LogP contribution in [0.15, 0.2) is 29.2 Å². The molecular formula is C14H21NS. The van der Waals surface area contributed by atoms with Gasteiger partial charge in [0.15, 0.2) is 0 Å². The molecule has 0 saturated heterocycles. The van der Waals surface area contributed by atoms with Crippen LogP contribution in [0.25, 0.3) is 0 Å². The van der Waals surface area contributed by atoms with Crippen LogP contribution in [-0.4, -0.2) is 12.3 Å². The van der Waals surface area contributed by atoms with Crippen LogP contribution >= 0.6 is 11.8 Å². The lowest BCUT2D eigenvalue weighted by molar-refractivity contribution is 0.425. The minimum absolute atomic E-state index is 0.571. The van der Waals surface area contributed by atoms with Gasteiger partial charge >= 0.3 is 0 Å². The minimum atomic E-state index is 0.571. The first-order chi connectivity index (χ1) is 7.85. The first-order valence-electron chi connectivity index (χ1n) is 6.30. The van der Waals surface area contributed by atoms with Gasteiger partial charge in [-0.25, -0.2) is 0 Å². The summed E-state index contributed by atoms with van der Waals surface area (Å²) in [6.45, 7) is 5.73. The maximum Gasteiger partial charge on any atom is 0.0426 e. The molecule has 1 aliphatic heterocycles. The van der Waals surface area contributed by atoms with E-state index >= 15 is 0 Å². The molecule has 1 heterocycles. The van der Waals surface area contributed by atoms with E-state index in [9.17, 15) is 0 Å². The third-order valence-electron chi connectivity index (χ3n) is 3.51. The van der Waals surface area contributed by atoms with Gasteiger partial charge in [-0.2, -0.15) is 0 Å². The minimum Gasteiger partial charge on any atom is -0.309 e. The van der Waals surface area contributed by atoms with Crippen molar-refractivity contribution in [3.8, 4) is 0 Å². The monoisotopic (exact) mass is 235 g/mol. The van der Waals surface area contributed by atoms with Crippen LogP contribution in [0.3, 0.4) is 0 Å². The van der Waals surface area contributed by atoms with Crippen molar-refractivity contribution in [2.24, 2.45) is 5.92 Å². The van der Waals surface area contributed by atoms with E-state index in [1.807, 2.05) is 11.8 Å². The van der Waals surface area contributed by atoms with E-state index in [1.54, 1.807) is 0 Å². The maximum absolute atomic E-state index is 3.72. The van der Waals surface area contributed by atoms with Crippen LogP contribution in [0.2, 0.25) is 0 Å². The molecule has 2 heteroatoms.